The van der Waals surface area contributed by atoms with Crippen LogP contribution in [0.5, 0.6) is 0 Å². The summed E-state index contributed by atoms with van der Waals surface area (Å²) >= 11 is 0. The molecule has 0 fully saturated rings. The molecule has 0 radical (unpaired) electrons. The molecule has 0 aliphatic carbocycles. The molecule has 0 heterocycles. The fourth-order valence-corrected chi connectivity index (χ4v) is 1.56. The summed E-state index contributed by atoms with van der Waals surface area (Å²) in [6.07, 6.45) is -4.80. The Labute approximate surface area is 115 Å². The average molecular weight is 289 g/mol. The predicted octanol–water partition coefficient (Wildman–Crippen LogP) is 3.67. The van der Waals surface area contributed by atoms with E-state index >= 15 is 0 Å². The largest absolute Gasteiger partial charge is 0.459 e. The molecule has 0 atom stereocenters. The van der Waals surface area contributed by atoms with Crippen molar-refractivity contribution in [2.45, 2.75) is 45.4 Å². The van der Waals surface area contributed by atoms with Crippen molar-refractivity contribution >= 4 is 11.7 Å². The van der Waals surface area contributed by atoms with Crippen LogP contribution in [0.25, 0.3) is 0 Å². The number of halogens is 3. The number of benzene rings is 1. The monoisotopic (exact) mass is 289 g/mol. The van der Waals surface area contributed by atoms with Crippen LogP contribution in [0, 0.1) is 0 Å². The van der Waals surface area contributed by atoms with Crippen LogP contribution in [0.4, 0.5) is 18.9 Å². The Balaban J connectivity index is 3.25. The van der Waals surface area contributed by atoms with Gasteiger partial charge in [0.25, 0.3) is 0 Å². The number of alkyl halides is 3. The second-order valence-corrected chi connectivity index (χ2v) is 5.38. The predicted molar refractivity (Wildman–Crippen MR) is 70.5 cm³/mol. The van der Waals surface area contributed by atoms with E-state index in [1.807, 2.05) is 0 Å². The lowest BCUT2D eigenvalue weighted by atomic mass is 9.83. The summed E-state index contributed by atoms with van der Waals surface area (Å²) < 4.78 is 44.0. The number of rotatable bonds is 3. The Morgan fingerprint density at radius 3 is 2.25 bits per heavy atom. The fourth-order valence-electron chi connectivity index (χ4n) is 1.56. The van der Waals surface area contributed by atoms with Crippen molar-refractivity contribution in [3.63, 3.8) is 0 Å². The molecular formula is C14H18F3NO2. The van der Waals surface area contributed by atoms with Crippen molar-refractivity contribution in [2.75, 3.05) is 5.73 Å². The third kappa shape index (κ3) is 3.23. The summed E-state index contributed by atoms with van der Waals surface area (Å²) in [5.74, 6) is -0.725. The van der Waals surface area contributed by atoms with Gasteiger partial charge in [-0.15, -0.1) is 0 Å². The molecule has 0 aliphatic rings. The number of esters is 1. The number of anilines is 1. The first-order valence-corrected chi connectivity index (χ1v) is 6.14. The summed E-state index contributed by atoms with van der Waals surface area (Å²) in [5.41, 5.74) is 3.58. The maximum atomic E-state index is 13.0. The van der Waals surface area contributed by atoms with Gasteiger partial charge in [-0.2, -0.15) is 13.2 Å². The van der Waals surface area contributed by atoms with Crippen molar-refractivity contribution < 1.29 is 22.7 Å². The zero-order valence-corrected chi connectivity index (χ0v) is 11.8. The third-order valence-electron chi connectivity index (χ3n) is 3.05. The highest BCUT2D eigenvalue weighted by Crippen LogP contribution is 2.41. The normalized spacial score (nSPS) is 12.6. The van der Waals surface area contributed by atoms with Gasteiger partial charge in [-0.3, -0.25) is 0 Å². The molecule has 3 nitrogen and oxygen atoms in total. The Morgan fingerprint density at radius 1 is 1.25 bits per heavy atom. The third-order valence-corrected chi connectivity index (χ3v) is 3.05. The van der Waals surface area contributed by atoms with E-state index in [-0.39, 0.29) is 22.9 Å². The second kappa shape index (κ2) is 5.34. The first-order chi connectivity index (χ1) is 8.96. The van der Waals surface area contributed by atoms with Crippen LogP contribution in [-0.4, -0.2) is 18.2 Å². The van der Waals surface area contributed by atoms with Gasteiger partial charge in [0.15, 0.2) is 0 Å². The Morgan fingerprint density at radius 2 is 1.80 bits per heavy atom. The van der Waals surface area contributed by atoms with Gasteiger partial charge in [-0.1, -0.05) is 6.07 Å². The summed E-state index contributed by atoms with van der Waals surface area (Å²) in [5, 5.41) is 0. The van der Waals surface area contributed by atoms with E-state index < -0.39 is 17.6 Å². The zero-order valence-electron chi connectivity index (χ0n) is 11.8. The zero-order chi connectivity index (χ0) is 15.7. The summed E-state index contributed by atoms with van der Waals surface area (Å²) in [6, 6.07) is 3.71. The van der Waals surface area contributed by atoms with E-state index in [9.17, 15) is 18.0 Å². The highest BCUT2D eigenvalue weighted by molar-refractivity contribution is 5.95. The number of hydrogen-bond donors (Lipinski definition) is 1. The Kier molecular flexibility index (Phi) is 4.36. The van der Waals surface area contributed by atoms with Crippen molar-refractivity contribution in [1.29, 1.82) is 0 Å². The van der Waals surface area contributed by atoms with Crippen LogP contribution < -0.4 is 5.73 Å². The van der Waals surface area contributed by atoms with Gasteiger partial charge in [0.05, 0.1) is 17.1 Å². The van der Waals surface area contributed by atoms with Crippen LogP contribution in [0.15, 0.2) is 18.2 Å². The molecule has 0 spiro atoms. The first-order valence-electron chi connectivity index (χ1n) is 6.14. The molecule has 0 amide bonds. The molecule has 1 aromatic rings. The van der Waals surface area contributed by atoms with Gasteiger partial charge >= 0.3 is 12.1 Å². The van der Waals surface area contributed by atoms with Gasteiger partial charge in [0, 0.05) is 5.69 Å². The molecule has 0 aromatic heterocycles. The Hall–Kier alpha value is -1.72. The standard InChI is InChI=1S/C14H18F3NO2/c1-8(2)20-12(19)10-7-9(5-6-11(10)18)13(3,4)14(15,16)17/h5-8H,18H2,1-4H3. The lowest BCUT2D eigenvalue weighted by Gasteiger charge is -2.28. The van der Waals surface area contributed by atoms with E-state index in [1.54, 1.807) is 13.8 Å². The highest BCUT2D eigenvalue weighted by Gasteiger charge is 2.48. The molecule has 6 heteroatoms. The van der Waals surface area contributed by atoms with Crippen LogP contribution in [0.3, 0.4) is 0 Å². The van der Waals surface area contributed by atoms with Crippen molar-refractivity contribution in [1.82, 2.24) is 0 Å². The van der Waals surface area contributed by atoms with Gasteiger partial charge in [0.2, 0.25) is 0 Å². The van der Waals surface area contributed by atoms with E-state index in [0.717, 1.165) is 19.9 Å². The molecule has 1 aromatic carbocycles. The van der Waals surface area contributed by atoms with E-state index in [0.29, 0.717) is 0 Å². The van der Waals surface area contributed by atoms with Crippen LogP contribution >= 0.6 is 0 Å². The maximum absolute atomic E-state index is 13.0. The first kappa shape index (κ1) is 16.3. The minimum absolute atomic E-state index is 0.0325. The minimum Gasteiger partial charge on any atom is -0.459 e. The van der Waals surface area contributed by atoms with Crippen LogP contribution in [-0.2, 0) is 10.2 Å². The second-order valence-electron chi connectivity index (χ2n) is 5.38. The molecule has 2 N–H and O–H groups in total. The van der Waals surface area contributed by atoms with Crippen molar-refractivity contribution in [3.05, 3.63) is 29.3 Å². The number of carbonyl (C=O) groups excluding carboxylic acids is 1. The molecule has 20 heavy (non-hydrogen) atoms. The Bertz CT molecular complexity index is 508. The summed E-state index contributed by atoms with van der Waals surface area (Å²) in [4.78, 5) is 11.8. The van der Waals surface area contributed by atoms with Gasteiger partial charge in [-0.25, -0.2) is 4.79 Å². The molecule has 0 bridgehead atoms. The number of hydrogen-bond acceptors (Lipinski definition) is 3. The van der Waals surface area contributed by atoms with E-state index in [1.165, 1.54) is 12.1 Å². The van der Waals surface area contributed by atoms with Gasteiger partial charge < -0.3 is 10.5 Å². The van der Waals surface area contributed by atoms with Crippen molar-refractivity contribution in [3.8, 4) is 0 Å². The lowest BCUT2D eigenvalue weighted by molar-refractivity contribution is -0.180. The molecule has 0 saturated heterocycles. The smallest absolute Gasteiger partial charge is 0.397 e. The molecule has 0 unspecified atom stereocenters. The van der Waals surface area contributed by atoms with Crippen molar-refractivity contribution in [2.24, 2.45) is 0 Å². The SMILES string of the molecule is CC(C)OC(=O)c1cc(C(C)(C)C(F)(F)F)ccc1N. The minimum atomic E-state index is -4.43. The van der Waals surface area contributed by atoms with Gasteiger partial charge in [0.1, 0.15) is 0 Å². The van der Waals surface area contributed by atoms with Gasteiger partial charge in [-0.05, 0) is 45.4 Å². The average Bonchev–Trinajstić information content (AvgIpc) is 2.26. The quantitative estimate of drug-likeness (QED) is 0.682. The number of nitrogen functional groups attached to an aromatic ring is 1. The summed E-state index contributed by atoms with van der Waals surface area (Å²) in [6.45, 7) is 5.40. The topological polar surface area (TPSA) is 52.3 Å². The molecule has 1 rings (SSSR count). The molecule has 0 saturated carbocycles. The highest BCUT2D eigenvalue weighted by atomic mass is 19.4. The van der Waals surface area contributed by atoms with E-state index in [2.05, 4.69) is 0 Å². The maximum Gasteiger partial charge on any atom is 0.397 e. The van der Waals surface area contributed by atoms with Crippen LogP contribution in [0.1, 0.15) is 43.6 Å². The fraction of sp³-hybridized carbons (Fsp3) is 0.500. The number of nitrogens with two attached hydrogens (primary N) is 1. The molecule has 0 aliphatic heterocycles. The number of carbonyl (C=O) groups is 1. The van der Waals surface area contributed by atoms with E-state index in [4.69, 9.17) is 10.5 Å². The molecular weight excluding hydrogens is 271 g/mol. The molecule has 112 valence electrons. The lowest BCUT2D eigenvalue weighted by Crippen LogP contribution is -2.36. The number of ether oxygens (including phenoxy) is 1. The summed E-state index contributed by atoms with van der Waals surface area (Å²) in [7, 11) is 0. The van der Waals surface area contributed by atoms with Crippen LogP contribution in [0.2, 0.25) is 0 Å².